The van der Waals surface area contributed by atoms with E-state index in [0.29, 0.717) is 11.8 Å². The minimum Gasteiger partial charge on any atom is -0.411 e. The molecule has 3 atom stereocenters. The van der Waals surface area contributed by atoms with Crippen LogP contribution in [-0.4, -0.2) is 34.8 Å². The van der Waals surface area contributed by atoms with E-state index in [1.54, 1.807) is 0 Å². The third-order valence-electron chi connectivity index (χ3n) is 4.73. The number of likely N-dealkylation sites (tertiary alicyclic amines) is 1. The predicted octanol–water partition coefficient (Wildman–Crippen LogP) is 1.73. The monoisotopic (exact) mass is 236 g/mol. The molecule has 0 aromatic rings. The van der Waals surface area contributed by atoms with E-state index >= 15 is 0 Å². The average molecular weight is 236 g/mol. The van der Waals surface area contributed by atoms with Gasteiger partial charge in [-0.25, -0.2) is 0 Å². The number of rotatable bonds is 1. The summed E-state index contributed by atoms with van der Waals surface area (Å²) in [5.41, 5.74) is 0.836. The van der Waals surface area contributed by atoms with Crippen LogP contribution in [-0.2, 0) is 4.79 Å². The summed E-state index contributed by atoms with van der Waals surface area (Å²) in [6, 6.07) is 0. The Labute approximate surface area is 102 Å². The molecular formula is C13H20N2O2. The van der Waals surface area contributed by atoms with Crippen molar-refractivity contribution in [3.8, 4) is 0 Å². The number of hydrogen-bond acceptors (Lipinski definition) is 3. The van der Waals surface area contributed by atoms with Crippen LogP contribution >= 0.6 is 0 Å². The molecule has 4 heteroatoms. The molecule has 3 fully saturated rings. The molecule has 1 N–H and O–H groups in total. The van der Waals surface area contributed by atoms with Gasteiger partial charge in [-0.2, -0.15) is 0 Å². The zero-order chi connectivity index (χ0) is 12.0. The summed E-state index contributed by atoms with van der Waals surface area (Å²) in [5, 5.41) is 12.1. The van der Waals surface area contributed by atoms with Gasteiger partial charge in [0.1, 0.15) is 0 Å². The quantitative estimate of drug-likeness (QED) is 0.557. The van der Waals surface area contributed by atoms with Crippen molar-refractivity contribution < 1.29 is 10.0 Å². The van der Waals surface area contributed by atoms with Crippen LogP contribution in [0.1, 0.15) is 32.6 Å². The number of amides is 1. The van der Waals surface area contributed by atoms with Crippen LogP contribution in [0.25, 0.3) is 0 Å². The minimum absolute atomic E-state index is 0.202. The first-order chi connectivity index (χ1) is 8.19. The Kier molecular flexibility index (Phi) is 2.60. The summed E-state index contributed by atoms with van der Waals surface area (Å²) in [4.78, 5) is 14.3. The first kappa shape index (κ1) is 11.1. The van der Waals surface area contributed by atoms with Crippen molar-refractivity contribution in [2.75, 3.05) is 13.1 Å². The Balaban J connectivity index is 1.59. The van der Waals surface area contributed by atoms with E-state index in [9.17, 15) is 4.79 Å². The molecule has 1 heterocycles. The van der Waals surface area contributed by atoms with Gasteiger partial charge in [0.05, 0.1) is 5.71 Å². The molecule has 3 unspecified atom stereocenters. The van der Waals surface area contributed by atoms with Crippen LogP contribution in [0.15, 0.2) is 5.16 Å². The highest BCUT2D eigenvalue weighted by atomic mass is 16.4. The first-order valence-electron chi connectivity index (χ1n) is 6.68. The average Bonchev–Trinajstić information content (AvgIpc) is 2.95. The van der Waals surface area contributed by atoms with Gasteiger partial charge in [0.2, 0.25) is 5.91 Å². The van der Waals surface area contributed by atoms with Crippen LogP contribution in [0.2, 0.25) is 0 Å². The molecule has 17 heavy (non-hydrogen) atoms. The summed E-state index contributed by atoms with van der Waals surface area (Å²) in [7, 11) is 0. The maximum Gasteiger partial charge on any atom is 0.225 e. The van der Waals surface area contributed by atoms with Crippen molar-refractivity contribution in [3.05, 3.63) is 0 Å². The standard InChI is InChI=1S/C13H20N2O2/c1-8-7-15(3-2-12(8)14-17)13(16)11-5-9-4-10(9)6-11/h8-11,17H,2-7H2,1H3. The third kappa shape index (κ3) is 1.94. The molecule has 1 saturated heterocycles. The summed E-state index contributed by atoms with van der Waals surface area (Å²) in [5.74, 6) is 2.56. The van der Waals surface area contributed by atoms with E-state index in [0.717, 1.165) is 49.9 Å². The molecular weight excluding hydrogens is 216 g/mol. The lowest BCUT2D eigenvalue weighted by Crippen LogP contribution is -2.45. The Bertz CT molecular complexity index is 356. The number of fused-ring (bicyclic) bond motifs is 1. The van der Waals surface area contributed by atoms with Crippen molar-refractivity contribution in [3.63, 3.8) is 0 Å². The molecule has 0 aromatic carbocycles. The molecule has 94 valence electrons. The lowest BCUT2D eigenvalue weighted by molar-refractivity contribution is -0.136. The van der Waals surface area contributed by atoms with Gasteiger partial charge in [0, 0.05) is 31.3 Å². The highest BCUT2D eigenvalue weighted by molar-refractivity contribution is 5.89. The van der Waals surface area contributed by atoms with Gasteiger partial charge >= 0.3 is 0 Å². The fourth-order valence-corrected chi connectivity index (χ4v) is 3.55. The SMILES string of the molecule is CC1CN(C(=O)C2CC3CC3C2)CCC1=NO. The Morgan fingerprint density at radius 2 is 2.06 bits per heavy atom. The summed E-state index contributed by atoms with van der Waals surface area (Å²) in [6.07, 6.45) is 4.33. The second-order valence-electron chi connectivity index (χ2n) is 5.95. The van der Waals surface area contributed by atoms with Crippen molar-refractivity contribution in [2.24, 2.45) is 28.8 Å². The van der Waals surface area contributed by atoms with E-state index in [4.69, 9.17) is 5.21 Å². The molecule has 1 aliphatic heterocycles. The Morgan fingerprint density at radius 3 is 2.65 bits per heavy atom. The topological polar surface area (TPSA) is 52.9 Å². The fraction of sp³-hybridized carbons (Fsp3) is 0.846. The lowest BCUT2D eigenvalue weighted by Gasteiger charge is -2.33. The molecule has 0 spiro atoms. The largest absolute Gasteiger partial charge is 0.411 e. The maximum atomic E-state index is 12.3. The van der Waals surface area contributed by atoms with E-state index < -0.39 is 0 Å². The van der Waals surface area contributed by atoms with E-state index in [2.05, 4.69) is 5.16 Å². The smallest absolute Gasteiger partial charge is 0.225 e. The van der Waals surface area contributed by atoms with E-state index in [-0.39, 0.29) is 5.92 Å². The van der Waals surface area contributed by atoms with Gasteiger partial charge in [0.15, 0.2) is 0 Å². The van der Waals surface area contributed by atoms with Crippen LogP contribution in [0.3, 0.4) is 0 Å². The van der Waals surface area contributed by atoms with Crippen molar-refractivity contribution >= 4 is 11.6 Å². The summed E-state index contributed by atoms with van der Waals surface area (Å²) < 4.78 is 0. The molecule has 4 nitrogen and oxygen atoms in total. The normalized spacial score (nSPS) is 42.6. The molecule has 0 bridgehead atoms. The maximum absolute atomic E-state index is 12.3. The van der Waals surface area contributed by atoms with Crippen molar-refractivity contribution in [1.29, 1.82) is 0 Å². The fourth-order valence-electron chi connectivity index (χ4n) is 3.55. The lowest BCUT2D eigenvalue weighted by atomic mass is 9.95. The zero-order valence-electron chi connectivity index (χ0n) is 10.3. The second kappa shape index (κ2) is 4.00. The molecule has 2 saturated carbocycles. The van der Waals surface area contributed by atoms with Crippen LogP contribution < -0.4 is 0 Å². The van der Waals surface area contributed by atoms with Gasteiger partial charge in [-0.3, -0.25) is 4.79 Å². The van der Waals surface area contributed by atoms with Gasteiger partial charge in [-0.1, -0.05) is 12.1 Å². The van der Waals surface area contributed by atoms with Gasteiger partial charge in [0.25, 0.3) is 0 Å². The molecule has 1 amide bonds. The highest BCUT2D eigenvalue weighted by Gasteiger charge is 2.49. The highest BCUT2D eigenvalue weighted by Crippen LogP contribution is 2.54. The third-order valence-corrected chi connectivity index (χ3v) is 4.73. The number of carbonyl (C=O) groups is 1. The Hall–Kier alpha value is -1.06. The molecule has 0 aromatic heterocycles. The molecule has 3 aliphatic rings. The number of carbonyl (C=O) groups excluding carboxylic acids is 1. The van der Waals surface area contributed by atoms with Gasteiger partial charge < -0.3 is 10.1 Å². The van der Waals surface area contributed by atoms with Crippen molar-refractivity contribution in [2.45, 2.75) is 32.6 Å². The van der Waals surface area contributed by atoms with Gasteiger partial charge in [-0.15, -0.1) is 0 Å². The predicted molar refractivity (Wildman–Crippen MR) is 63.9 cm³/mol. The van der Waals surface area contributed by atoms with Gasteiger partial charge in [-0.05, 0) is 31.1 Å². The van der Waals surface area contributed by atoms with Crippen molar-refractivity contribution in [1.82, 2.24) is 4.90 Å². The number of oxime groups is 1. The van der Waals surface area contributed by atoms with Crippen LogP contribution in [0, 0.1) is 23.7 Å². The summed E-state index contributed by atoms with van der Waals surface area (Å²) >= 11 is 0. The van der Waals surface area contributed by atoms with E-state index in [1.165, 1.54) is 6.42 Å². The van der Waals surface area contributed by atoms with E-state index in [1.807, 2.05) is 11.8 Å². The number of hydrogen-bond donors (Lipinski definition) is 1. The Morgan fingerprint density at radius 1 is 1.35 bits per heavy atom. The number of piperidine rings is 1. The summed E-state index contributed by atoms with van der Waals surface area (Å²) in [6.45, 7) is 3.49. The molecule has 2 aliphatic carbocycles. The minimum atomic E-state index is 0.202. The van der Waals surface area contributed by atoms with Crippen LogP contribution in [0.4, 0.5) is 0 Å². The number of nitrogens with zero attached hydrogens (tertiary/aromatic N) is 2. The first-order valence-corrected chi connectivity index (χ1v) is 6.68. The second-order valence-corrected chi connectivity index (χ2v) is 5.95. The molecule has 3 rings (SSSR count). The molecule has 0 radical (unpaired) electrons. The van der Waals surface area contributed by atoms with Crippen LogP contribution in [0.5, 0.6) is 0 Å². The zero-order valence-corrected chi connectivity index (χ0v) is 10.3.